The average Bonchev–Trinajstić information content (AvgIpc) is 2.78. The molecule has 1 amide bonds. The molecule has 3 nitrogen and oxygen atoms in total. The summed E-state index contributed by atoms with van der Waals surface area (Å²) in [5.41, 5.74) is 3.19. The summed E-state index contributed by atoms with van der Waals surface area (Å²) in [6.45, 7) is 0. The second kappa shape index (κ2) is 8.44. The SMILES string of the molecule is COc1ccc(C=C(C(=O)Nc2cccc3ccccc23)c2ccccc2)cc1. The van der Waals surface area contributed by atoms with Crippen molar-refractivity contribution in [3.8, 4) is 5.75 Å². The van der Waals surface area contributed by atoms with Crippen LogP contribution in [0.3, 0.4) is 0 Å². The number of fused-ring (bicyclic) bond motifs is 1. The van der Waals surface area contributed by atoms with Crippen LogP contribution in [0.4, 0.5) is 5.69 Å². The average molecular weight is 379 g/mol. The number of anilines is 1. The molecule has 0 atom stereocenters. The lowest BCUT2D eigenvalue weighted by molar-refractivity contribution is -0.111. The third-order valence-electron chi connectivity index (χ3n) is 4.79. The Kier molecular flexibility index (Phi) is 5.39. The number of carbonyl (C=O) groups excluding carboxylic acids is 1. The van der Waals surface area contributed by atoms with Crippen LogP contribution in [0.5, 0.6) is 5.75 Å². The molecule has 29 heavy (non-hydrogen) atoms. The van der Waals surface area contributed by atoms with Gasteiger partial charge in [0, 0.05) is 16.6 Å². The monoisotopic (exact) mass is 379 g/mol. The number of benzene rings is 4. The lowest BCUT2D eigenvalue weighted by Gasteiger charge is -2.12. The van der Waals surface area contributed by atoms with E-state index in [1.165, 1.54) is 0 Å². The van der Waals surface area contributed by atoms with Crippen LogP contribution in [0.1, 0.15) is 11.1 Å². The number of rotatable bonds is 5. The van der Waals surface area contributed by atoms with Crippen LogP contribution in [0.15, 0.2) is 97.1 Å². The summed E-state index contributed by atoms with van der Waals surface area (Å²) < 4.78 is 5.23. The molecule has 0 aliphatic carbocycles. The topological polar surface area (TPSA) is 38.3 Å². The molecule has 0 heterocycles. The number of amides is 1. The molecule has 1 N–H and O–H groups in total. The molecule has 0 unspecified atom stereocenters. The highest BCUT2D eigenvalue weighted by molar-refractivity contribution is 6.30. The van der Waals surface area contributed by atoms with Crippen molar-refractivity contribution in [2.24, 2.45) is 0 Å². The molecule has 3 heteroatoms. The Labute approximate surface area is 170 Å². The molecule has 0 radical (unpaired) electrons. The quantitative estimate of drug-likeness (QED) is 0.340. The van der Waals surface area contributed by atoms with Gasteiger partial charge in [-0.15, -0.1) is 0 Å². The Bertz CT molecular complexity index is 1160. The molecule has 0 aliphatic heterocycles. The lowest BCUT2D eigenvalue weighted by Crippen LogP contribution is -2.14. The van der Waals surface area contributed by atoms with Crippen molar-refractivity contribution in [2.45, 2.75) is 0 Å². The third-order valence-corrected chi connectivity index (χ3v) is 4.79. The van der Waals surface area contributed by atoms with E-state index in [1.807, 2.05) is 103 Å². The van der Waals surface area contributed by atoms with E-state index in [0.717, 1.165) is 33.3 Å². The van der Waals surface area contributed by atoms with Crippen molar-refractivity contribution in [1.82, 2.24) is 0 Å². The zero-order valence-electron chi connectivity index (χ0n) is 16.1. The fourth-order valence-corrected chi connectivity index (χ4v) is 3.29. The van der Waals surface area contributed by atoms with Gasteiger partial charge >= 0.3 is 0 Å². The van der Waals surface area contributed by atoms with Gasteiger partial charge in [-0.2, -0.15) is 0 Å². The predicted octanol–water partition coefficient (Wildman–Crippen LogP) is 6.03. The van der Waals surface area contributed by atoms with E-state index in [4.69, 9.17) is 4.74 Å². The molecule has 0 spiro atoms. The van der Waals surface area contributed by atoms with Gasteiger partial charge in [-0.25, -0.2) is 0 Å². The first kappa shape index (κ1) is 18.5. The van der Waals surface area contributed by atoms with Gasteiger partial charge in [-0.05, 0) is 40.8 Å². The van der Waals surface area contributed by atoms with Crippen molar-refractivity contribution in [3.05, 3.63) is 108 Å². The highest BCUT2D eigenvalue weighted by Crippen LogP contribution is 2.26. The van der Waals surface area contributed by atoms with Crippen molar-refractivity contribution in [3.63, 3.8) is 0 Å². The molecule has 0 aliphatic rings. The molecule has 0 fully saturated rings. The van der Waals surface area contributed by atoms with Crippen LogP contribution in [0.25, 0.3) is 22.4 Å². The van der Waals surface area contributed by atoms with E-state index in [0.29, 0.717) is 5.57 Å². The van der Waals surface area contributed by atoms with E-state index in [1.54, 1.807) is 7.11 Å². The molecule has 4 aromatic rings. The first-order valence-electron chi connectivity index (χ1n) is 9.45. The maximum atomic E-state index is 13.3. The molecule has 4 rings (SSSR count). The van der Waals surface area contributed by atoms with Crippen LogP contribution in [-0.4, -0.2) is 13.0 Å². The van der Waals surface area contributed by atoms with Crippen molar-refractivity contribution < 1.29 is 9.53 Å². The maximum Gasteiger partial charge on any atom is 0.256 e. The third kappa shape index (κ3) is 4.19. The minimum Gasteiger partial charge on any atom is -0.497 e. The molecular weight excluding hydrogens is 358 g/mol. The molecule has 0 saturated carbocycles. The van der Waals surface area contributed by atoms with Gasteiger partial charge in [0.15, 0.2) is 0 Å². The van der Waals surface area contributed by atoms with Gasteiger partial charge in [0.05, 0.1) is 7.11 Å². The molecule has 142 valence electrons. The Balaban J connectivity index is 1.72. The van der Waals surface area contributed by atoms with Crippen LogP contribution in [0, 0.1) is 0 Å². The number of nitrogens with one attached hydrogen (secondary N) is 1. The second-order valence-electron chi connectivity index (χ2n) is 6.68. The summed E-state index contributed by atoms with van der Waals surface area (Å²) in [7, 11) is 1.64. The van der Waals surface area contributed by atoms with E-state index < -0.39 is 0 Å². The summed E-state index contributed by atoms with van der Waals surface area (Å²) in [5.74, 6) is 0.631. The molecule has 0 saturated heterocycles. The van der Waals surface area contributed by atoms with E-state index >= 15 is 0 Å². The van der Waals surface area contributed by atoms with Crippen LogP contribution < -0.4 is 10.1 Å². The van der Waals surface area contributed by atoms with Gasteiger partial charge in [-0.1, -0.05) is 78.9 Å². The summed E-state index contributed by atoms with van der Waals surface area (Å²) >= 11 is 0. The molecule has 4 aromatic carbocycles. The number of hydrogen-bond acceptors (Lipinski definition) is 2. The van der Waals surface area contributed by atoms with Crippen molar-refractivity contribution in [2.75, 3.05) is 12.4 Å². The summed E-state index contributed by atoms with van der Waals surface area (Å²) in [6, 6.07) is 31.3. The zero-order valence-corrected chi connectivity index (χ0v) is 16.1. The maximum absolute atomic E-state index is 13.3. The van der Waals surface area contributed by atoms with Crippen molar-refractivity contribution >= 4 is 34.0 Å². The minimum atomic E-state index is -0.150. The Morgan fingerprint density at radius 2 is 1.48 bits per heavy atom. The highest BCUT2D eigenvalue weighted by atomic mass is 16.5. The lowest BCUT2D eigenvalue weighted by atomic mass is 10.0. The minimum absolute atomic E-state index is 0.150. The first-order chi connectivity index (χ1) is 14.2. The summed E-state index contributed by atoms with van der Waals surface area (Å²) in [4.78, 5) is 13.3. The number of ether oxygens (including phenoxy) is 1. The van der Waals surface area contributed by atoms with Gasteiger partial charge in [0.2, 0.25) is 0 Å². The van der Waals surface area contributed by atoms with Crippen LogP contribution in [-0.2, 0) is 4.79 Å². The smallest absolute Gasteiger partial charge is 0.256 e. The van der Waals surface area contributed by atoms with E-state index in [-0.39, 0.29) is 5.91 Å². The fourth-order valence-electron chi connectivity index (χ4n) is 3.29. The normalized spacial score (nSPS) is 11.3. The Morgan fingerprint density at radius 1 is 0.793 bits per heavy atom. The van der Waals surface area contributed by atoms with Gasteiger partial charge in [0.1, 0.15) is 5.75 Å². The zero-order chi connectivity index (χ0) is 20.1. The number of methoxy groups -OCH3 is 1. The number of hydrogen-bond donors (Lipinski definition) is 1. The first-order valence-corrected chi connectivity index (χ1v) is 9.45. The standard InChI is InChI=1S/C26H21NO2/c1-29-22-16-14-19(15-17-22)18-24(21-8-3-2-4-9-21)26(28)27-25-13-7-11-20-10-5-6-12-23(20)25/h2-18H,1H3,(H,27,28). The largest absolute Gasteiger partial charge is 0.497 e. The highest BCUT2D eigenvalue weighted by Gasteiger charge is 2.14. The molecular formula is C26H21NO2. The Hall–Kier alpha value is -3.85. The van der Waals surface area contributed by atoms with Gasteiger partial charge < -0.3 is 10.1 Å². The summed E-state index contributed by atoms with van der Waals surface area (Å²) in [6.07, 6.45) is 1.90. The Morgan fingerprint density at radius 3 is 2.24 bits per heavy atom. The van der Waals surface area contributed by atoms with Gasteiger partial charge in [0.25, 0.3) is 5.91 Å². The van der Waals surface area contributed by atoms with E-state index in [9.17, 15) is 4.79 Å². The molecule has 0 bridgehead atoms. The summed E-state index contributed by atoms with van der Waals surface area (Å²) in [5, 5.41) is 5.20. The van der Waals surface area contributed by atoms with Gasteiger partial charge in [-0.3, -0.25) is 4.79 Å². The fraction of sp³-hybridized carbons (Fsp3) is 0.0385. The van der Waals surface area contributed by atoms with E-state index in [2.05, 4.69) is 5.32 Å². The van der Waals surface area contributed by atoms with Crippen LogP contribution >= 0.6 is 0 Å². The predicted molar refractivity (Wildman–Crippen MR) is 120 cm³/mol. The second-order valence-corrected chi connectivity index (χ2v) is 6.68. The van der Waals surface area contributed by atoms with Crippen molar-refractivity contribution in [1.29, 1.82) is 0 Å². The van der Waals surface area contributed by atoms with Crippen LogP contribution in [0.2, 0.25) is 0 Å². The molecule has 0 aromatic heterocycles. The number of carbonyl (C=O) groups is 1.